The fourth-order valence-corrected chi connectivity index (χ4v) is 2.96. The van der Waals surface area contributed by atoms with Crippen molar-refractivity contribution in [3.63, 3.8) is 0 Å². The van der Waals surface area contributed by atoms with Crippen LogP contribution in [0.3, 0.4) is 0 Å². The number of nitrogens with one attached hydrogen (secondary N) is 1. The van der Waals surface area contributed by atoms with Crippen molar-refractivity contribution in [1.29, 1.82) is 0 Å². The maximum Gasteiger partial charge on any atom is 0.243 e. The Morgan fingerprint density at radius 1 is 1.00 bits per heavy atom. The van der Waals surface area contributed by atoms with Gasteiger partial charge in [0.2, 0.25) is 5.91 Å². The average Bonchev–Trinajstić information content (AvgIpc) is 2.69. The van der Waals surface area contributed by atoms with Crippen LogP contribution < -0.4 is 5.48 Å². The van der Waals surface area contributed by atoms with E-state index in [2.05, 4.69) is 43.3 Å². The highest BCUT2D eigenvalue weighted by Crippen LogP contribution is 2.25. The van der Waals surface area contributed by atoms with E-state index in [9.17, 15) is 9.90 Å². The van der Waals surface area contributed by atoms with E-state index in [1.165, 1.54) is 11.1 Å². The standard InChI is InChI=1S/C22H30N2O3/c1-24(2)16-15-17-7-9-18(10-8-17)19-11-13-20(14-12-19)21(25)5-3-4-6-22(26)23-27/h7-14,21,25,27H,3-6,15-16H2,1-2H3,(H,23,26)/t21-/m1/s1. The number of rotatable bonds is 10. The molecule has 0 fully saturated rings. The topological polar surface area (TPSA) is 72.8 Å². The van der Waals surface area contributed by atoms with Gasteiger partial charge in [-0.25, -0.2) is 5.48 Å². The van der Waals surface area contributed by atoms with E-state index >= 15 is 0 Å². The summed E-state index contributed by atoms with van der Waals surface area (Å²) in [7, 11) is 4.16. The second kappa shape index (κ2) is 10.8. The summed E-state index contributed by atoms with van der Waals surface area (Å²) in [6, 6.07) is 16.6. The Bertz CT molecular complexity index is 697. The summed E-state index contributed by atoms with van der Waals surface area (Å²) in [5.74, 6) is -0.387. The van der Waals surface area contributed by atoms with Crippen LogP contribution in [0.25, 0.3) is 11.1 Å². The number of amides is 1. The van der Waals surface area contributed by atoms with E-state index in [0.29, 0.717) is 12.8 Å². The first kappa shape index (κ1) is 21.1. The summed E-state index contributed by atoms with van der Waals surface area (Å²) >= 11 is 0. The number of hydrogen-bond donors (Lipinski definition) is 3. The molecule has 0 radical (unpaired) electrons. The van der Waals surface area contributed by atoms with Gasteiger partial charge in [0.15, 0.2) is 0 Å². The van der Waals surface area contributed by atoms with Crippen LogP contribution in [0.5, 0.6) is 0 Å². The molecule has 3 N–H and O–H groups in total. The van der Waals surface area contributed by atoms with Gasteiger partial charge in [-0.15, -0.1) is 0 Å². The monoisotopic (exact) mass is 370 g/mol. The lowest BCUT2D eigenvalue weighted by Gasteiger charge is -2.12. The van der Waals surface area contributed by atoms with Gasteiger partial charge in [0, 0.05) is 13.0 Å². The first-order valence-corrected chi connectivity index (χ1v) is 9.44. The van der Waals surface area contributed by atoms with Gasteiger partial charge in [-0.3, -0.25) is 10.0 Å². The lowest BCUT2D eigenvalue weighted by atomic mass is 9.98. The molecular formula is C22H30N2O3. The lowest BCUT2D eigenvalue weighted by Crippen LogP contribution is -2.17. The van der Waals surface area contributed by atoms with Crippen LogP contribution in [0.1, 0.15) is 42.9 Å². The molecule has 0 unspecified atom stereocenters. The van der Waals surface area contributed by atoms with Gasteiger partial charge in [0.1, 0.15) is 0 Å². The van der Waals surface area contributed by atoms with Crippen molar-refractivity contribution in [2.45, 2.75) is 38.2 Å². The van der Waals surface area contributed by atoms with E-state index in [4.69, 9.17) is 5.21 Å². The van der Waals surface area contributed by atoms with Crippen LogP contribution in [0.2, 0.25) is 0 Å². The van der Waals surface area contributed by atoms with Crippen molar-refractivity contribution in [2.24, 2.45) is 0 Å². The van der Waals surface area contributed by atoms with Gasteiger partial charge in [-0.05, 0) is 55.6 Å². The highest BCUT2D eigenvalue weighted by molar-refractivity contribution is 5.74. The minimum atomic E-state index is -0.537. The van der Waals surface area contributed by atoms with Gasteiger partial charge >= 0.3 is 0 Å². The smallest absolute Gasteiger partial charge is 0.243 e. The third-order valence-electron chi connectivity index (χ3n) is 4.69. The summed E-state index contributed by atoms with van der Waals surface area (Å²) in [5, 5.41) is 18.7. The molecule has 0 bridgehead atoms. The third-order valence-corrected chi connectivity index (χ3v) is 4.69. The summed E-state index contributed by atoms with van der Waals surface area (Å²) in [6.07, 6.45) is 2.74. The highest BCUT2D eigenvalue weighted by Gasteiger charge is 2.08. The molecule has 1 atom stereocenters. The number of hydroxylamine groups is 1. The Labute approximate surface area is 161 Å². The summed E-state index contributed by atoms with van der Waals surface area (Å²) in [4.78, 5) is 13.1. The number of unbranched alkanes of at least 4 members (excludes halogenated alkanes) is 1. The molecule has 0 aliphatic rings. The van der Waals surface area contributed by atoms with Crippen molar-refractivity contribution < 1.29 is 15.1 Å². The molecule has 5 nitrogen and oxygen atoms in total. The van der Waals surface area contributed by atoms with Crippen LogP contribution in [-0.4, -0.2) is 41.8 Å². The van der Waals surface area contributed by atoms with E-state index in [1.54, 1.807) is 5.48 Å². The highest BCUT2D eigenvalue weighted by atomic mass is 16.5. The molecule has 2 rings (SSSR count). The molecule has 1 amide bonds. The van der Waals surface area contributed by atoms with Crippen LogP contribution in [0.4, 0.5) is 0 Å². The van der Waals surface area contributed by atoms with Crippen molar-refractivity contribution in [2.75, 3.05) is 20.6 Å². The second-order valence-corrected chi connectivity index (χ2v) is 7.17. The molecule has 27 heavy (non-hydrogen) atoms. The molecule has 0 spiro atoms. The molecule has 2 aromatic carbocycles. The van der Waals surface area contributed by atoms with Crippen LogP contribution >= 0.6 is 0 Å². The van der Waals surface area contributed by atoms with Crippen molar-refractivity contribution in [3.8, 4) is 11.1 Å². The zero-order valence-electron chi connectivity index (χ0n) is 16.2. The SMILES string of the molecule is CN(C)CCc1ccc(-c2ccc([C@H](O)CCCCC(=O)NO)cc2)cc1. The first-order valence-electron chi connectivity index (χ1n) is 9.44. The van der Waals surface area contributed by atoms with Crippen molar-refractivity contribution in [1.82, 2.24) is 10.4 Å². The Morgan fingerprint density at radius 3 is 2.15 bits per heavy atom. The lowest BCUT2D eigenvalue weighted by molar-refractivity contribution is -0.129. The molecule has 2 aromatic rings. The molecule has 146 valence electrons. The Hall–Kier alpha value is -2.21. The van der Waals surface area contributed by atoms with Crippen LogP contribution in [0, 0.1) is 0 Å². The number of carbonyl (C=O) groups excluding carboxylic acids is 1. The predicted octanol–water partition coefficient (Wildman–Crippen LogP) is 3.56. The molecule has 0 aliphatic carbocycles. The molecular weight excluding hydrogens is 340 g/mol. The van der Waals surface area contributed by atoms with E-state index in [1.807, 2.05) is 24.3 Å². The molecule has 5 heteroatoms. The largest absolute Gasteiger partial charge is 0.388 e. The van der Waals surface area contributed by atoms with Crippen LogP contribution in [-0.2, 0) is 11.2 Å². The van der Waals surface area contributed by atoms with Crippen molar-refractivity contribution >= 4 is 5.91 Å². The maximum absolute atomic E-state index is 11.0. The van der Waals surface area contributed by atoms with Gasteiger partial charge in [0.05, 0.1) is 6.10 Å². The van der Waals surface area contributed by atoms with E-state index < -0.39 is 6.10 Å². The quantitative estimate of drug-likeness (QED) is 0.340. The van der Waals surface area contributed by atoms with Gasteiger partial charge < -0.3 is 10.0 Å². The van der Waals surface area contributed by atoms with E-state index in [0.717, 1.165) is 30.5 Å². The maximum atomic E-state index is 11.0. The Morgan fingerprint density at radius 2 is 1.59 bits per heavy atom. The molecule has 0 aliphatic heterocycles. The van der Waals surface area contributed by atoms with Gasteiger partial charge in [0.25, 0.3) is 0 Å². The van der Waals surface area contributed by atoms with Crippen LogP contribution in [0.15, 0.2) is 48.5 Å². The fourth-order valence-electron chi connectivity index (χ4n) is 2.96. The van der Waals surface area contributed by atoms with Gasteiger partial charge in [-0.1, -0.05) is 55.0 Å². The molecule has 0 saturated carbocycles. The van der Waals surface area contributed by atoms with E-state index in [-0.39, 0.29) is 12.3 Å². The summed E-state index contributed by atoms with van der Waals surface area (Å²) in [6.45, 7) is 1.04. The number of likely N-dealkylation sites (N-methyl/N-ethyl adjacent to an activating group) is 1. The minimum Gasteiger partial charge on any atom is -0.388 e. The zero-order valence-corrected chi connectivity index (χ0v) is 16.2. The summed E-state index contributed by atoms with van der Waals surface area (Å²) in [5.41, 5.74) is 6.12. The zero-order chi connectivity index (χ0) is 19.6. The average molecular weight is 370 g/mol. The van der Waals surface area contributed by atoms with Gasteiger partial charge in [-0.2, -0.15) is 0 Å². The number of aliphatic hydroxyl groups is 1. The number of nitrogens with zero attached hydrogens (tertiary/aromatic N) is 1. The molecule has 0 saturated heterocycles. The third kappa shape index (κ3) is 7.13. The predicted molar refractivity (Wildman–Crippen MR) is 107 cm³/mol. The number of hydrogen-bond acceptors (Lipinski definition) is 4. The number of benzene rings is 2. The summed E-state index contributed by atoms with van der Waals surface area (Å²) < 4.78 is 0. The first-order chi connectivity index (χ1) is 13.0. The van der Waals surface area contributed by atoms with Crippen molar-refractivity contribution in [3.05, 3.63) is 59.7 Å². The Kier molecular flexibility index (Phi) is 8.45. The second-order valence-electron chi connectivity index (χ2n) is 7.17. The normalized spacial score (nSPS) is 12.2. The minimum absolute atomic E-state index is 0.271. The number of aliphatic hydroxyl groups excluding tert-OH is 1. The molecule has 0 heterocycles. The Balaban J connectivity index is 1.87. The molecule has 0 aromatic heterocycles. The number of carbonyl (C=O) groups is 1. The fraction of sp³-hybridized carbons (Fsp3) is 0.409.